The third-order valence-electron chi connectivity index (χ3n) is 6.03. The van der Waals surface area contributed by atoms with E-state index in [0.717, 1.165) is 36.4 Å². The Hall–Kier alpha value is -3.69. The predicted molar refractivity (Wildman–Crippen MR) is 132 cm³/mol. The lowest BCUT2D eigenvalue weighted by Gasteiger charge is -2.26. The number of likely N-dealkylation sites (N-methyl/N-ethyl adjacent to an activating group) is 1. The number of rotatable bonds is 8. The van der Waals surface area contributed by atoms with Crippen LogP contribution in [0.4, 0.5) is 23.1 Å². The second kappa shape index (κ2) is 10.1. The van der Waals surface area contributed by atoms with E-state index in [0.29, 0.717) is 17.5 Å². The number of aromatic nitrogens is 2. The number of fused-ring (bicyclic) bond motifs is 1. The van der Waals surface area contributed by atoms with Gasteiger partial charge in [-0.25, -0.2) is 4.98 Å². The van der Waals surface area contributed by atoms with Crippen LogP contribution in [0.1, 0.15) is 40.1 Å². The van der Waals surface area contributed by atoms with Crippen molar-refractivity contribution in [2.75, 3.05) is 38.4 Å². The van der Waals surface area contributed by atoms with E-state index in [4.69, 9.17) is 15.2 Å². The van der Waals surface area contributed by atoms with Crippen molar-refractivity contribution in [1.82, 2.24) is 14.9 Å². The number of para-hydroxylation sites is 1. The Bertz CT molecular complexity index is 1200. The second-order valence-electron chi connectivity index (χ2n) is 8.34. The van der Waals surface area contributed by atoms with Crippen LogP contribution < -0.4 is 21.1 Å². The number of nitrogens with two attached hydrogens (primary N) is 1. The first-order valence-electron chi connectivity index (χ1n) is 11.1. The minimum atomic E-state index is -0.624. The van der Waals surface area contributed by atoms with E-state index < -0.39 is 5.91 Å². The van der Waals surface area contributed by atoms with Crippen LogP contribution in [0.5, 0.6) is 5.75 Å². The fourth-order valence-electron chi connectivity index (χ4n) is 4.05. The zero-order chi connectivity index (χ0) is 24.2. The van der Waals surface area contributed by atoms with E-state index in [9.17, 15) is 4.79 Å². The molecule has 1 amide bonds. The van der Waals surface area contributed by atoms with Crippen molar-refractivity contribution in [1.29, 1.82) is 0 Å². The van der Waals surface area contributed by atoms with Crippen LogP contribution in [0.15, 0.2) is 42.6 Å². The monoisotopic (exact) mass is 462 g/mol. The molecular weight excluding hydrogens is 432 g/mol. The van der Waals surface area contributed by atoms with Crippen molar-refractivity contribution in [3.63, 3.8) is 0 Å². The van der Waals surface area contributed by atoms with Crippen LogP contribution in [-0.2, 0) is 17.7 Å². The molecule has 0 saturated heterocycles. The van der Waals surface area contributed by atoms with Crippen molar-refractivity contribution in [2.45, 2.75) is 26.0 Å². The third kappa shape index (κ3) is 4.95. The Balaban J connectivity index is 1.69. The van der Waals surface area contributed by atoms with E-state index in [1.54, 1.807) is 14.2 Å². The maximum atomic E-state index is 12.1. The lowest BCUT2D eigenvalue weighted by Crippen LogP contribution is -2.26. The zero-order valence-electron chi connectivity index (χ0n) is 19.9. The number of carbonyl (C=O) groups excluding carboxylic acids is 1. The van der Waals surface area contributed by atoms with Gasteiger partial charge in [0.25, 0.3) is 5.91 Å². The summed E-state index contributed by atoms with van der Waals surface area (Å²) in [4.78, 5) is 23.2. The topological polar surface area (TPSA) is 115 Å². The highest BCUT2D eigenvalue weighted by Crippen LogP contribution is 2.34. The number of hydrogen-bond acceptors (Lipinski definition) is 8. The largest absolute Gasteiger partial charge is 0.495 e. The Morgan fingerprint density at radius 2 is 1.94 bits per heavy atom. The molecule has 0 radical (unpaired) electrons. The van der Waals surface area contributed by atoms with Gasteiger partial charge in [0.1, 0.15) is 17.1 Å². The first-order chi connectivity index (χ1) is 16.4. The number of nitrogens with zero attached hydrogens (tertiary/aromatic N) is 3. The molecule has 9 heteroatoms. The molecule has 2 aromatic carbocycles. The highest BCUT2D eigenvalue weighted by molar-refractivity contribution is 5.98. The smallest absolute Gasteiger partial charge is 0.254 e. The number of hydrogen-bond donors (Lipinski definition) is 3. The quantitative estimate of drug-likeness (QED) is 0.464. The van der Waals surface area contributed by atoms with Gasteiger partial charge in [0.2, 0.25) is 5.95 Å². The molecule has 1 aliphatic rings. The number of benzene rings is 2. The average Bonchev–Trinajstić information content (AvgIpc) is 2.83. The third-order valence-corrected chi connectivity index (χ3v) is 6.03. The summed E-state index contributed by atoms with van der Waals surface area (Å²) in [5.74, 6) is 0.699. The van der Waals surface area contributed by atoms with Crippen molar-refractivity contribution in [3.8, 4) is 5.75 Å². The summed E-state index contributed by atoms with van der Waals surface area (Å²) < 4.78 is 11.1. The van der Waals surface area contributed by atoms with Crippen molar-refractivity contribution < 1.29 is 14.3 Å². The van der Waals surface area contributed by atoms with Crippen LogP contribution in [0.3, 0.4) is 0 Å². The second-order valence-corrected chi connectivity index (χ2v) is 8.34. The SMILES string of the molecule is COc1cc2c(cc1Nc1ncc(C(N)=O)c(Nc3ccccc3[C@H](C)OC)n1)CN(C)CC2. The molecule has 3 aromatic rings. The summed E-state index contributed by atoms with van der Waals surface area (Å²) in [5.41, 5.74) is 10.7. The van der Waals surface area contributed by atoms with E-state index in [-0.39, 0.29) is 11.7 Å². The summed E-state index contributed by atoms with van der Waals surface area (Å²) >= 11 is 0. The van der Waals surface area contributed by atoms with Gasteiger partial charge in [0.15, 0.2) is 0 Å². The Morgan fingerprint density at radius 1 is 1.15 bits per heavy atom. The van der Waals surface area contributed by atoms with Gasteiger partial charge in [-0.3, -0.25) is 4.79 Å². The first-order valence-corrected chi connectivity index (χ1v) is 11.1. The highest BCUT2D eigenvalue weighted by Gasteiger charge is 2.19. The van der Waals surface area contributed by atoms with Gasteiger partial charge in [0.05, 0.1) is 18.9 Å². The number of methoxy groups -OCH3 is 2. The molecule has 0 spiro atoms. The lowest BCUT2D eigenvalue weighted by atomic mass is 9.99. The zero-order valence-corrected chi connectivity index (χ0v) is 19.9. The molecule has 4 N–H and O–H groups in total. The standard InChI is InChI=1S/C25H30N6O3/c1-15(33-3)18-7-5-6-8-20(18)28-24-19(23(26)32)13-27-25(30-24)29-21-11-17-14-31(2)10-9-16(17)12-22(21)34-4/h5-8,11-13,15H,9-10,14H2,1-4H3,(H2,26,32)(H2,27,28,29,30)/t15-/m0/s1. The molecule has 0 fully saturated rings. The molecular formula is C25H30N6O3. The minimum Gasteiger partial charge on any atom is -0.495 e. The van der Waals surface area contributed by atoms with Gasteiger partial charge in [-0.1, -0.05) is 18.2 Å². The van der Waals surface area contributed by atoms with Gasteiger partial charge >= 0.3 is 0 Å². The molecule has 34 heavy (non-hydrogen) atoms. The van der Waals surface area contributed by atoms with Crippen LogP contribution in [0.2, 0.25) is 0 Å². The van der Waals surface area contributed by atoms with E-state index in [1.807, 2.05) is 31.2 Å². The van der Waals surface area contributed by atoms with Gasteiger partial charge in [-0.15, -0.1) is 0 Å². The predicted octanol–water partition coefficient (Wildman–Crippen LogP) is 3.77. The molecule has 2 heterocycles. The number of anilines is 4. The maximum Gasteiger partial charge on any atom is 0.254 e. The summed E-state index contributed by atoms with van der Waals surface area (Å²) in [6.07, 6.45) is 2.23. The Morgan fingerprint density at radius 3 is 2.68 bits per heavy atom. The van der Waals surface area contributed by atoms with Crippen LogP contribution in [0.25, 0.3) is 0 Å². The molecule has 1 atom stereocenters. The van der Waals surface area contributed by atoms with Gasteiger partial charge in [0, 0.05) is 37.6 Å². The molecule has 1 aromatic heterocycles. The highest BCUT2D eigenvalue weighted by atomic mass is 16.5. The summed E-state index contributed by atoms with van der Waals surface area (Å²) in [7, 11) is 5.39. The van der Waals surface area contributed by atoms with Gasteiger partial charge < -0.3 is 30.7 Å². The summed E-state index contributed by atoms with van der Waals surface area (Å²) in [6, 6.07) is 11.8. The van der Waals surface area contributed by atoms with Crippen molar-refractivity contribution in [3.05, 3.63) is 64.8 Å². The number of nitrogens with one attached hydrogen (secondary N) is 2. The molecule has 178 valence electrons. The summed E-state index contributed by atoms with van der Waals surface area (Å²) in [5, 5.41) is 6.49. The van der Waals surface area contributed by atoms with E-state index >= 15 is 0 Å². The maximum absolute atomic E-state index is 12.1. The number of primary amides is 1. The number of amides is 1. The Labute approximate surface area is 199 Å². The number of carbonyl (C=O) groups is 1. The van der Waals surface area contributed by atoms with Crippen LogP contribution in [-0.4, -0.2) is 48.6 Å². The van der Waals surface area contributed by atoms with Crippen LogP contribution >= 0.6 is 0 Å². The number of ether oxygens (including phenoxy) is 2. The Kier molecular flexibility index (Phi) is 6.95. The van der Waals surface area contributed by atoms with Crippen molar-refractivity contribution in [2.24, 2.45) is 5.73 Å². The normalized spacial score (nSPS) is 14.2. The van der Waals surface area contributed by atoms with E-state index in [1.165, 1.54) is 17.3 Å². The molecule has 4 rings (SSSR count). The molecule has 0 unspecified atom stereocenters. The fourth-order valence-corrected chi connectivity index (χ4v) is 4.05. The minimum absolute atomic E-state index is 0.155. The molecule has 0 bridgehead atoms. The fraction of sp³-hybridized carbons (Fsp3) is 0.320. The van der Waals surface area contributed by atoms with E-state index in [2.05, 4.69) is 44.7 Å². The van der Waals surface area contributed by atoms with Gasteiger partial charge in [-0.2, -0.15) is 4.98 Å². The lowest BCUT2D eigenvalue weighted by molar-refractivity contribution is 0.100. The van der Waals surface area contributed by atoms with Gasteiger partial charge in [-0.05, 0) is 49.7 Å². The van der Waals surface area contributed by atoms with Crippen molar-refractivity contribution >= 4 is 29.0 Å². The average molecular weight is 463 g/mol. The molecule has 1 aliphatic heterocycles. The first kappa shape index (κ1) is 23.5. The molecule has 9 nitrogen and oxygen atoms in total. The summed E-state index contributed by atoms with van der Waals surface area (Å²) in [6.45, 7) is 3.82. The molecule has 0 aliphatic carbocycles. The molecule has 0 saturated carbocycles. The van der Waals surface area contributed by atoms with Crippen LogP contribution in [0, 0.1) is 0 Å².